The average molecular weight is 692 g/mol. The maximum absolute atomic E-state index is 12.7. The molecule has 0 amide bonds. The standard InChI is InChI=1S/C38H78NO7P/c1-4-6-8-10-12-14-16-18-19-21-23-25-27-29-32-43-37(35-46-47(41,42)45-33-31-39)34-44-38(40)36(3)30-28-26-24-22-20-17-15-13-11-9-7-5-2/h36-37H,4-35,39H2,1-3H3,(H,41,42). The average Bonchev–Trinajstić information content (AvgIpc) is 3.06. The van der Waals surface area contributed by atoms with Gasteiger partial charge in [0.25, 0.3) is 0 Å². The highest BCUT2D eigenvalue weighted by molar-refractivity contribution is 7.47. The van der Waals surface area contributed by atoms with Crippen LogP contribution in [0.4, 0.5) is 0 Å². The molecule has 3 atom stereocenters. The number of phosphoric ester groups is 1. The van der Waals surface area contributed by atoms with Crippen LogP contribution in [-0.4, -0.2) is 49.9 Å². The van der Waals surface area contributed by atoms with Crippen molar-refractivity contribution in [2.24, 2.45) is 11.7 Å². The molecule has 0 aromatic heterocycles. The first kappa shape index (κ1) is 46.5. The van der Waals surface area contributed by atoms with E-state index in [9.17, 15) is 14.3 Å². The maximum Gasteiger partial charge on any atom is 0.472 e. The number of unbranched alkanes of at least 4 members (excludes halogenated alkanes) is 24. The molecule has 8 nitrogen and oxygen atoms in total. The lowest BCUT2D eigenvalue weighted by atomic mass is 10.0. The van der Waals surface area contributed by atoms with E-state index in [1.54, 1.807) is 0 Å². The molecule has 0 aliphatic heterocycles. The van der Waals surface area contributed by atoms with Crippen LogP contribution in [0, 0.1) is 5.92 Å². The second-order valence-corrected chi connectivity index (χ2v) is 15.1. The molecule has 3 unspecified atom stereocenters. The first-order valence-corrected chi connectivity index (χ1v) is 21.5. The molecular weight excluding hydrogens is 613 g/mol. The molecule has 0 aromatic carbocycles. The Morgan fingerprint density at radius 1 is 0.596 bits per heavy atom. The number of esters is 1. The molecular formula is C38H78NO7P. The van der Waals surface area contributed by atoms with Gasteiger partial charge in [0.1, 0.15) is 12.7 Å². The van der Waals surface area contributed by atoms with Gasteiger partial charge in [-0.2, -0.15) is 0 Å². The SMILES string of the molecule is CCCCCCCCCCCCCCCCOC(COC(=O)C(C)CCCCCCCCCCCCCC)COP(=O)(O)OCCN. The highest BCUT2D eigenvalue weighted by atomic mass is 31.2. The molecule has 0 heterocycles. The Labute approximate surface area is 291 Å². The summed E-state index contributed by atoms with van der Waals surface area (Å²) in [5, 5.41) is 0. The summed E-state index contributed by atoms with van der Waals surface area (Å²) in [6.07, 6.45) is 33.6. The number of ether oxygens (including phenoxy) is 2. The summed E-state index contributed by atoms with van der Waals surface area (Å²) in [6, 6.07) is 0. The molecule has 0 rings (SSSR count). The Morgan fingerprint density at radius 2 is 1.00 bits per heavy atom. The zero-order chi connectivity index (χ0) is 34.7. The number of hydrogen-bond donors (Lipinski definition) is 2. The Bertz CT molecular complexity index is 712. The molecule has 47 heavy (non-hydrogen) atoms. The van der Waals surface area contributed by atoms with Crippen LogP contribution in [0.3, 0.4) is 0 Å². The smallest absolute Gasteiger partial charge is 0.463 e. The molecule has 0 aliphatic rings. The predicted molar refractivity (Wildman–Crippen MR) is 197 cm³/mol. The van der Waals surface area contributed by atoms with E-state index in [0.29, 0.717) is 6.61 Å². The van der Waals surface area contributed by atoms with E-state index in [4.69, 9.17) is 24.3 Å². The number of carbonyl (C=O) groups is 1. The van der Waals surface area contributed by atoms with Crippen LogP contribution in [0.5, 0.6) is 0 Å². The van der Waals surface area contributed by atoms with Gasteiger partial charge in [-0.1, -0.05) is 181 Å². The van der Waals surface area contributed by atoms with Crippen LogP contribution in [0.1, 0.15) is 194 Å². The van der Waals surface area contributed by atoms with Crippen LogP contribution in [0.25, 0.3) is 0 Å². The van der Waals surface area contributed by atoms with Gasteiger partial charge in [0.2, 0.25) is 0 Å². The van der Waals surface area contributed by atoms with Gasteiger partial charge >= 0.3 is 13.8 Å². The Morgan fingerprint density at radius 3 is 1.43 bits per heavy atom. The summed E-state index contributed by atoms with van der Waals surface area (Å²) >= 11 is 0. The molecule has 0 saturated carbocycles. The van der Waals surface area contributed by atoms with Gasteiger partial charge in [-0.05, 0) is 12.8 Å². The topological polar surface area (TPSA) is 117 Å². The zero-order valence-corrected chi connectivity index (χ0v) is 32.1. The number of rotatable bonds is 38. The van der Waals surface area contributed by atoms with Gasteiger partial charge in [0, 0.05) is 13.2 Å². The molecule has 0 bridgehead atoms. The monoisotopic (exact) mass is 692 g/mol. The van der Waals surface area contributed by atoms with E-state index in [2.05, 4.69) is 13.8 Å². The highest BCUT2D eigenvalue weighted by Crippen LogP contribution is 2.43. The molecule has 282 valence electrons. The van der Waals surface area contributed by atoms with Gasteiger partial charge in [-0.25, -0.2) is 4.57 Å². The largest absolute Gasteiger partial charge is 0.472 e. The van der Waals surface area contributed by atoms with E-state index in [1.165, 1.54) is 141 Å². The van der Waals surface area contributed by atoms with Crippen molar-refractivity contribution in [2.45, 2.75) is 200 Å². The van der Waals surface area contributed by atoms with Gasteiger partial charge in [-0.3, -0.25) is 13.8 Å². The third-order valence-electron chi connectivity index (χ3n) is 8.95. The number of phosphoric acid groups is 1. The minimum absolute atomic E-state index is 0.0168. The highest BCUT2D eigenvalue weighted by Gasteiger charge is 2.25. The lowest BCUT2D eigenvalue weighted by Gasteiger charge is -2.21. The second kappa shape index (κ2) is 35.3. The first-order valence-electron chi connectivity index (χ1n) is 20.0. The summed E-state index contributed by atoms with van der Waals surface area (Å²) in [6.45, 7) is 6.73. The molecule has 0 saturated heterocycles. The van der Waals surface area contributed by atoms with Crippen molar-refractivity contribution in [3.63, 3.8) is 0 Å². The second-order valence-electron chi connectivity index (χ2n) is 13.7. The summed E-state index contributed by atoms with van der Waals surface area (Å²) in [4.78, 5) is 22.6. The fraction of sp³-hybridized carbons (Fsp3) is 0.974. The lowest BCUT2D eigenvalue weighted by molar-refractivity contribution is -0.153. The minimum Gasteiger partial charge on any atom is -0.463 e. The third kappa shape index (κ3) is 33.8. The van der Waals surface area contributed by atoms with Gasteiger partial charge in [-0.15, -0.1) is 0 Å². The van der Waals surface area contributed by atoms with Crippen molar-refractivity contribution in [3.8, 4) is 0 Å². The molecule has 0 radical (unpaired) electrons. The maximum atomic E-state index is 12.7. The van der Waals surface area contributed by atoms with Crippen LogP contribution < -0.4 is 5.73 Å². The van der Waals surface area contributed by atoms with Crippen LogP contribution >= 0.6 is 7.82 Å². The summed E-state index contributed by atoms with van der Waals surface area (Å²) in [7, 11) is -4.24. The quantitative estimate of drug-likeness (QED) is 0.0373. The van der Waals surface area contributed by atoms with Crippen molar-refractivity contribution in [2.75, 3.05) is 33.0 Å². The summed E-state index contributed by atoms with van der Waals surface area (Å²) in [5.41, 5.74) is 5.37. The summed E-state index contributed by atoms with van der Waals surface area (Å²) < 4.78 is 33.6. The van der Waals surface area contributed by atoms with E-state index in [0.717, 1.165) is 32.1 Å². The molecule has 9 heteroatoms. The van der Waals surface area contributed by atoms with Crippen LogP contribution in [-0.2, 0) is 27.9 Å². The predicted octanol–water partition coefficient (Wildman–Crippen LogP) is 11.2. The lowest BCUT2D eigenvalue weighted by Crippen LogP contribution is -2.29. The Hall–Kier alpha value is -0.500. The minimum atomic E-state index is -4.24. The number of hydrogen-bond acceptors (Lipinski definition) is 7. The van der Waals surface area contributed by atoms with E-state index >= 15 is 0 Å². The zero-order valence-electron chi connectivity index (χ0n) is 31.2. The van der Waals surface area contributed by atoms with Crippen molar-refractivity contribution in [1.29, 1.82) is 0 Å². The Balaban J connectivity index is 4.16. The van der Waals surface area contributed by atoms with Gasteiger partial charge in [0.15, 0.2) is 0 Å². The molecule has 0 spiro atoms. The van der Waals surface area contributed by atoms with E-state index in [-0.39, 0.29) is 38.3 Å². The van der Waals surface area contributed by atoms with Crippen molar-refractivity contribution in [1.82, 2.24) is 0 Å². The van der Waals surface area contributed by atoms with Crippen molar-refractivity contribution >= 4 is 13.8 Å². The van der Waals surface area contributed by atoms with E-state index < -0.39 is 13.9 Å². The fourth-order valence-corrected chi connectivity index (χ4v) is 6.57. The number of nitrogens with two attached hydrogens (primary N) is 1. The molecule has 3 N–H and O–H groups in total. The first-order chi connectivity index (χ1) is 22.9. The fourth-order valence-electron chi connectivity index (χ4n) is 5.80. The molecule has 0 fully saturated rings. The number of carbonyl (C=O) groups excluding carboxylic acids is 1. The Kier molecular flexibility index (Phi) is 35.0. The van der Waals surface area contributed by atoms with Crippen LogP contribution in [0.2, 0.25) is 0 Å². The van der Waals surface area contributed by atoms with Gasteiger partial charge < -0.3 is 20.1 Å². The van der Waals surface area contributed by atoms with Gasteiger partial charge in [0.05, 0.1) is 19.1 Å². The molecule has 0 aliphatic carbocycles. The van der Waals surface area contributed by atoms with Crippen molar-refractivity contribution < 1.29 is 32.8 Å². The third-order valence-corrected chi connectivity index (χ3v) is 9.94. The molecule has 0 aromatic rings. The summed E-state index contributed by atoms with van der Waals surface area (Å²) in [5.74, 6) is -0.452. The van der Waals surface area contributed by atoms with Crippen LogP contribution in [0.15, 0.2) is 0 Å². The van der Waals surface area contributed by atoms with E-state index in [1.807, 2.05) is 6.92 Å². The van der Waals surface area contributed by atoms with Crippen molar-refractivity contribution in [3.05, 3.63) is 0 Å². The normalized spacial score (nSPS) is 14.2.